The fourth-order valence-electron chi connectivity index (χ4n) is 4.92. The van der Waals surface area contributed by atoms with Gasteiger partial charge in [-0.05, 0) is 49.5 Å². The van der Waals surface area contributed by atoms with Crippen molar-refractivity contribution in [2.75, 3.05) is 51.3 Å². The number of likely N-dealkylation sites (N-methyl/N-ethyl adjacent to an activating group) is 1. The van der Waals surface area contributed by atoms with Crippen molar-refractivity contribution in [3.05, 3.63) is 54.4 Å². The second kappa shape index (κ2) is 12.2. The molecule has 2 saturated heterocycles. The topological polar surface area (TPSA) is 103 Å². The van der Waals surface area contributed by atoms with E-state index in [1.807, 2.05) is 32.0 Å². The minimum Gasteiger partial charge on any atom is -0.489 e. The number of imidazole rings is 1. The van der Waals surface area contributed by atoms with E-state index in [2.05, 4.69) is 62.1 Å². The maximum absolute atomic E-state index is 9.80. The van der Waals surface area contributed by atoms with Gasteiger partial charge in [-0.15, -0.1) is 0 Å². The summed E-state index contributed by atoms with van der Waals surface area (Å²) in [5.74, 6) is 1.33. The van der Waals surface area contributed by atoms with E-state index in [1.165, 1.54) is 12.0 Å². The van der Waals surface area contributed by atoms with Crippen LogP contribution >= 0.6 is 0 Å². The summed E-state index contributed by atoms with van der Waals surface area (Å²) in [6.07, 6.45) is 3.23. The van der Waals surface area contributed by atoms with E-state index in [9.17, 15) is 5.26 Å². The molecule has 4 heterocycles. The minimum atomic E-state index is 0.0651. The fourth-order valence-corrected chi connectivity index (χ4v) is 4.92. The second-order valence-corrected chi connectivity index (χ2v) is 9.60. The normalized spacial score (nSPS) is 16.4. The van der Waals surface area contributed by atoms with Gasteiger partial charge in [-0.2, -0.15) is 5.26 Å². The lowest BCUT2D eigenvalue weighted by Gasteiger charge is -2.34. The third kappa shape index (κ3) is 5.87. The van der Waals surface area contributed by atoms with E-state index in [1.54, 1.807) is 0 Å². The number of nitriles is 1. The molecule has 9 heteroatoms. The number of anilines is 1. The first-order chi connectivity index (χ1) is 19.2. The van der Waals surface area contributed by atoms with Gasteiger partial charge in [0.15, 0.2) is 5.65 Å². The molecule has 0 amide bonds. The molecule has 1 N–H and O–H groups in total. The van der Waals surface area contributed by atoms with Crippen molar-refractivity contribution < 1.29 is 9.47 Å². The third-order valence-electron chi connectivity index (χ3n) is 7.13. The Morgan fingerprint density at radius 3 is 2.41 bits per heavy atom. The molecular formula is C30H35N7O2. The van der Waals surface area contributed by atoms with Gasteiger partial charge in [0.25, 0.3) is 0 Å². The van der Waals surface area contributed by atoms with Crippen LogP contribution in [-0.2, 0) is 4.74 Å². The fraction of sp³-hybridized carbons (Fsp3) is 0.400. The number of benzene rings is 2. The van der Waals surface area contributed by atoms with Gasteiger partial charge in [0.2, 0.25) is 0 Å². The van der Waals surface area contributed by atoms with E-state index in [4.69, 9.17) is 14.5 Å². The molecule has 2 aliphatic heterocycles. The van der Waals surface area contributed by atoms with Crippen LogP contribution in [0, 0.1) is 11.3 Å². The highest BCUT2D eigenvalue weighted by molar-refractivity contribution is 5.89. The summed E-state index contributed by atoms with van der Waals surface area (Å²) in [5.41, 5.74) is 5.53. The van der Waals surface area contributed by atoms with Crippen molar-refractivity contribution in [1.29, 1.82) is 5.26 Å². The molecule has 4 aromatic rings. The van der Waals surface area contributed by atoms with E-state index >= 15 is 0 Å². The summed E-state index contributed by atoms with van der Waals surface area (Å²) in [6, 6.07) is 16.4. The summed E-state index contributed by atoms with van der Waals surface area (Å²) in [4.78, 5) is 21.8. The number of hydrogen-bond donors (Lipinski definition) is 1. The monoisotopic (exact) mass is 525 g/mol. The molecule has 0 unspecified atom stereocenters. The highest BCUT2D eigenvalue weighted by Gasteiger charge is 2.19. The van der Waals surface area contributed by atoms with Gasteiger partial charge in [-0.3, -0.25) is 0 Å². The number of piperazine rings is 1. The predicted molar refractivity (Wildman–Crippen MR) is 153 cm³/mol. The van der Waals surface area contributed by atoms with Crippen molar-refractivity contribution >= 4 is 16.9 Å². The summed E-state index contributed by atoms with van der Waals surface area (Å²) < 4.78 is 11.5. The molecule has 0 bridgehead atoms. The summed E-state index contributed by atoms with van der Waals surface area (Å²) >= 11 is 0. The third-order valence-corrected chi connectivity index (χ3v) is 7.13. The summed E-state index contributed by atoms with van der Waals surface area (Å²) in [5, 5.41) is 9.80. The molecule has 0 radical (unpaired) electrons. The molecule has 2 aliphatic rings. The van der Waals surface area contributed by atoms with Crippen LogP contribution in [0.2, 0.25) is 0 Å². The van der Waals surface area contributed by atoms with Crippen molar-refractivity contribution in [3.63, 3.8) is 0 Å². The van der Waals surface area contributed by atoms with Gasteiger partial charge < -0.3 is 24.3 Å². The Hall–Kier alpha value is -4.00. The molecule has 39 heavy (non-hydrogen) atoms. The van der Waals surface area contributed by atoms with Crippen molar-refractivity contribution in [2.24, 2.45) is 0 Å². The molecule has 0 aliphatic carbocycles. The zero-order chi connectivity index (χ0) is 27.2. The SMILES string of the molecule is CC.CN1CCN(c2ccc(-c3nc4ncnc(-c5ccc(OC6CCOCC6)c(C#N)c5)c4[nH]3)cc2)CC1. The molecule has 2 fully saturated rings. The molecular weight excluding hydrogens is 490 g/mol. The number of hydrogen-bond acceptors (Lipinski definition) is 8. The minimum absolute atomic E-state index is 0.0651. The number of nitrogens with one attached hydrogen (secondary N) is 1. The lowest BCUT2D eigenvalue weighted by molar-refractivity contribution is 0.0254. The molecule has 0 saturated carbocycles. The standard InChI is InChI=1S/C28H29N7O2.C2H6/c1-34-10-12-35(13-11-34)22-5-2-19(3-6-22)27-32-26-25(30-18-31-28(26)33-27)20-4-7-24(21(16-20)17-29)37-23-8-14-36-15-9-23;1-2/h2-7,16,18,23H,8-15H2,1H3,(H,30,31,32,33);1-2H3. The number of fused-ring (bicyclic) bond motifs is 1. The van der Waals surface area contributed by atoms with Gasteiger partial charge >= 0.3 is 0 Å². The van der Waals surface area contributed by atoms with Crippen molar-refractivity contribution in [3.8, 4) is 34.5 Å². The molecule has 2 aromatic heterocycles. The second-order valence-electron chi connectivity index (χ2n) is 9.60. The Morgan fingerprint density at radius 1 is 0.974 bits per heavy atom. The number of rotatable bonds is 5. The van der Waals surface area contributed by atoms with Gasteiger partial charge in [0.05, 0.1) is 24.5 Å². The molecule has 9 nitrogen and oxygen atoms in total. The lowest BCUT2D eigenvalue weighted by atomic mass is 10.1. The van der Waals surface area contributed by atoms with Crippen LogP contribution in [0.4, 0.5) is 5.69 Å². The maximum Gasteiger partial charge on any atom is 0.181 e. The van der Waals surface area contributed by atoms with Crippen LogP contribution in [0.15, 0.2) is 48.8 Å². The van der Waals surface area contributed by atoms with E-state index in [0.717, 1.165) is 61.5 Å². The van der Waals surface area contributed by atoms with Crippen LogP contribution in [0.3, 0.4) is 0 Å². The van der Waals surface area contributed by atoms with Crippen LogP contribution in [0.1, 0.15) is 32.3 Å². The van der Waals surface area contributed by atoms with Crippen LogP contribution < -0.4 is 9.64 Å². The Morgan fingerprint density at radius 2 is 1.69 bits per heavy atom. The first-order valence-corrected chi connectivity index (χ1v) is 13.7. The number of ether oxygens (including phenoxy) is 2. The number of H-pyrrole nitrogens is 1. The van der Waals surface area contributed by atoms with Crippen LogP contribution in [0.5, 0.6) is 5.75 Å². The Bertz CT molecular complexity index is 1430. The summed E-state index contributed by atoms with van der Waals surface area (Å²) in [6.45, 7) is 9.58. The van der Waals surface area contributed by atoms with E-state index in [-0.39, 0.29) is 6.10 Å². The van der Waals surface area contributed by atoms with Gasteiger partial charge in [-0.25, -0.2) is 15.0 Å². The molecule has 0 atom stereocenters. The first-order valence-electron chi connectivity index (χ1n) is 13.7. The van der Waals surface area contributed by atoms with Crippen molar-refractivity contribution in [2.45, 2.75) is 32.8 Å². The quantitative estimate of drug-likeness (QED) is 0.393. The largest absolute Gasteiger partial charge is 0.489 e. The first kappa shape index (κ1) is 26.6. The average molecular weight is 526 g/mol. The van der Waals surface area contributed by atoms with Crippen LogP contribution in [0.25, 0.3) is 33.8 Å². The summed E-state index contributed by atoms with van der Waals surface area (Å²) in [7, 11) is 2.16. The van der Waals surface area contributed by atoms with E-state index < -0.39 is 0 Å². The molecule has 6 rings (SSSR count). The Labute approximate surface area is 229 Å². The van der Waals surface area contributed by atoms with Gasteiger partial charge in [0, 0.05) is 55.8 Å². The van der Waals surface area contributed by atoms with Gasteiger partial charge in [0.1, 0.15) is 35.6 Å². The molecule has 202 valence electrons. The Kier molecular flexibility index (Phi) is 8.35. The lowest BCUT2D eigenvalue weighted by Crippen LogP contribution is -2.44. The number of aromatic nitrogens is 4. The van der Waals surface area contributed by atoms with Crippen molar-refractivity contribution in [1.82, 2.24) is 24.8 Å². The average Bonchev–Trinajstić information content (AvgIpc) is 3.44. The highest BCUT2D eigenvalue weighted by atomic mass is 16.5. The highest BCUT2D eigenvalue weighted by Crippen LogP contribution is 2.31. The zero-order valence-corrected chi connectivity index (χ0v) is 22.9. The molecule has 2 aromatic carbocycles. The number of nitrogens with zero attached hydrogens (tertiary/aromatic N) is 6. The number of aromatic amines is 1. The Balaban J connectivity index is 0.00000151. The maximum atomic E-state index is 9.80. The molecule has 0 spiro atoms. The predicted octanol–water partition coefficient (Wildman–Crippen LogP) is 4.89. The zero-order valence-electron chi connectivity index (χ0n) is 22.9. The van der Waals surface area contributed by atoms with Crippen LogP contribution in [-0.4, -0.2) is 77.4 Å². The smallest absolute Gasteiger partial charge is 0.181 e. The van der Waals surface area contributed by atoms with Gasteiger partial charge in [-0.1, -0.05) is 13.8 Å². The van der Waals surface area contributed by atoms with E-state index in [0.29, 0.717) is 35.9 Å².